The van der Waals surface area contributed by atoms with Crippen LogP contribution in [0, 0.1) is 0 Å². The minimum absolute atomic E-state index is 0.253. The number of benzene rings is 2. The van der Waals surface area contributed by atoms with Gasteiger partial charge in [0.05, 0.1) is 11.9 Å². The number of hydrogen-bond donors (Lipinski definition) is 0. The Hall–Kier alpha value is -2.86. The molecular weight excluding hydrogens is 364 g/mol. The second kappa shape index (κ2) is 6.70. The zero-order valence-corrected chi connectivity index (χ0v) is 15.3. The average Bonchev–Trinajstić information content (AvgIpc) is 3.37. The van der Waals surface area contributed by atoms with E-state index in [0.29, 0.717) is 11.9 Å². The van der Waals surface area contributed by atoms with Crippen LogP contribution in [0.2, 0.25) is 5.02 Å². The second-order valence-corrected chi connectivity index (χ2v) is 7.07. The highest BCUT2D eigenvalue weighted by Gasteiger charge is 2.27. The van der Waals surface area contributed by atoms with Crippen LogP contribution in [0.3, 0.4) is 0 Å². The Labute approximate surface area is 161 Å². The molecule has 3 aromatic rings. The predicted octanol–water partition coefficient (Wildman–Crippen LogP) is 3.91. The highest BCUT2D eigenvalue weighted by Crippen LogP contribution is 2.36. The van der Waals surface area contributed by atoms with Crippen molar-refractivity contribution in [1.82, 2.24) is 15.2 Å². The average molecular weight is 381 g/mol. The van der Waals surface area contributed by atoms with Crippen molar-refractivity contribution in [3.63, 3.8) is 0 Å². The number of fused-ring (bicyclic) bond motifs is 1. The third-order valence-corrected chi connectivity index (χ3v) is 5.38. The van der Waals surface area contributed by atoms with Gasteiger partial charge in [-0.2, -0.15) is 5.10 Å². The van der Waals surface area contributed by atoms with Gasteiger partial charge in [-0.15, -0.1) is 5.10 Å². The smallest absolute Gasteiger partial charge is 0.245 e. The van der Waals surface area contributed by atoms with Crippen LogP contribution >= 0.6 is 11.6 Å². The summed E-state index contributed by atoms with van der Waals surface area (Å²) in [4.78, 5) is 6.89. The molecule has 0 amide bonds. The number of aromatic nitrogens is 3. The van der Waals surface area contributed by atoms with Crippen molar-refractivity contribution >= 4 is 17.5 Å². The fourth-order valence-corrected chi connectivity index (χ4v) is 3.92. The maximum atomic E-state index is 6.37. The fraction of sp³-hybridized carbons (Fsp3) is 0.250. The van der Waals surface area contributed by atoms with Crippen LogP contribution in [0.4, 0.5) is 5.95 Å². The van der Waals surface area contributed by atoms with Crippen molar-refractivity contribution in [3.8, 4) is 22.8 Å². The van der Waals surface area contributed by atoms with Gasteiger partial charge in [0, 0.05) is 29.6 Å². The quantitative estimate of drug-likeness (QED) is 0.686. The predicted molar refractivity (Wildman–Crippen MR) is 102 cm³/mol. The normalized spacial score (nSPS) is 18.1. The van der Waals surface area contributed by atoms with Gasteiger partial charge in [0.2, 0.25) is 12.7 Å². The molecule has 0 spiro atoms. The molecule has 27 heavy (non-hydrogen) atoms. The fourth-order valence-electron chi connectivity index (χ4n) is 3.63. The van der Waals surface area contributed by atoms with Crippen molar-refractivity contribution in [2.45, 2.75) is 12.3 Å². The van der Waals surface area contributed by atoms with E-state index in [0.717, 1.165) is 47.3 Å². The largest absolute Gasteiger partial charge is 0.454 e. The van der Waals surface area contributed by atoms with Gasteiger partial charge in [0.25, 0.3) is 0 Å². The van der Waals surface area contributed by atoms with Gasteiger partial charge in [-0.1, -0.05) is 29.8 Å². The lowest BCUT2D eigenvalue weighted by atomic mass is 9.98. The van der Waals surface area contributed by atoms with Crippen molar-refractivity contribution in [2.24, 2.45) is 0 Å². The molecule has 6 nitrogen and oxygen atoms in total. The Bertz CT molecular complexity index is 997. The maximum absolute atomic E-state index is 6.37. The van der Waals surface area contributed by atoms with Gasteiger partial charge in [0.15, 0.2) is 11.5 Å². The molecule has 2 aliphatic rings. The summed E-state index contributed by atoms with van der Waals surface area (Å²) in [5.74, 6) is 2.49. The van der Waals surface area contributed by atoms with Gasteiger partial charge in [-0.3, -0.25) is 0 Å². The van der Waals surface area contributed by atoms with Gasteiger partial charge >= 0.3 is 0 Å². The molecule has 7 heteroatoms. The highest BCUT2D eigenvalue weighted by molar-refractivity contribution is 6.31. The van der Waals surface area contributed by atoms with Crippen molar-refractivity contribution < 1.29 is 9.47 Å². The molecule has 0 radical (unpaired) electrons. The van der Waals surface area contributed by atoms with Crippen LogP contribution in [0.5, 0.6) is 11.5 Å². The van der Waals surface area contributed by atoms with Gasteiger partial charge in [-0.25, -0.2) is 4.98 Å². The summed E-state index contributed by atoms with van der Waals surface area (Å²) in [5.41, 5.74) is 2.87. The summed E-state index contributed by atoms with van der Waals surface area (Å²) >= 11 is 6.37. The molecule has 0 unspecified atom stereocenters. The Morgan fingerprint density at radius 2 is 1.96 bits per heavy atom. The molecule has 5 rings (SSSR count). The van der Waals surface area contributed by atoms with Crippen molar-refractivity contribution in [2.75, 3.05) is 24.8 Å². The van der Waals surface area contributed by atoms with E-state index < -0.39 is 0 Å². The minimum atomic E-state index is 0.253. The number of ether oxygens (including phenoxy) is 2. The molecule has 0 bridgehead atoms. The van der Waals surface area contributed by atoms with E-state index in [-0.39, 0.29) is 6.79 Å². The number of nitrogens with zero attached hydrogens (tertiary/aromatic N) is 4. The van der Waals surface area contributed by atoms with Gasteiger partial charge in [0.1, 0.15) is 0 Å². The molecule has 0 saturated carbocycles. The standard InChI is InChI=1S/C20H17ClN4O2/c21-16-4-2-1-3-15(16)14-7-8-25(11-14)20-23-17(10-22-24-20)13-5-6-18-19(9-13)27-12-26-18/h1-6,9-10,14H,7-8,11-12H2/t14-/m0/s1. The first-order valence-electron chi connectivity index (χ1n) is 8.87. The summed E-state index contributed by atoms with van der Waals surface area (Å²) in [6.45, 7) is 1.96. The molecule has 2 aromatic carbocycles. The Morgan fingerprint density at radius 3 is 2.89 bits per heavy atom. The molecule has 1 atom stereocenters. The van der Waals surface area contributed by atoms with Crippen LogP contribution in [-0.2, 0) is 0 Å². The van der Waals surface area contributed by atoms with E-state index >= 15 is 0 Å². The number of hydrogen-bond acceptors (Lipinski definition) is 6. The molecule has 0 N–H and O–H groups in total. The Kier molecular flexibility index (Phi) is 4.05. The lowest BCUT2D eigenvalue weighted by molar-refractivity contribution is 0.174. The van der Waals surface area contributed by atoms with E-state index in [1.807, 2.05) is 36.4 Å². The lowest BCUT2D eigenvalue weighted by Crippen LogP contribution is -2.22. The van der Waals surface area contributed by atoms with E-state index in [1.165, 1.54) is 5.56 Å². The third kappa shape index (κ3) is 3.06. The molecule has 1 aromatic heterocycles. The maximum Gasteiger partial charge on any atom is 0.245 e. The first-order valence-corrected chi connectivity index (χ1v) is 9.25. The zero-order chi connectivity index (χ0) is 18.2. The van der Waals surface area contributed by atoms with Crippen LogP contribution in [-0.4, -0.2) is 35.1 Å². The van der Waals surface area contributed by atoms with Crippen LogP contribution < -0.4 is 14.4 Å². The Morgan fingerprint density at radius 1 is 1.07 bits per heavy atom. The van der Waals surface area contributed by atoms with Crippen molar-refractivity contribution in [3.05, 3.63) is 59.2 Å². The molecule has 1 saturated heterocycles. The molecule has 1 fully saturated rings. The van der Waals surface area contributed by atoms with E-state index in [2.05, 4.69) is 21.2 Å². The van der Waals surface area contributed by atoms with Crippen LogP contribution in [0.15, 0.2) is 48.7 Å². The summed E-state index contributed by atoms with van der Waals surface area (Å²) in [5, 5.41) is 9.23. The van der Waals surface area contributed by atoms with Crippen LogP contribution in [0.1, 0.15) is 17.9 Å². The Balaban J connectivity index is 1.39. The first-order chi connectivity index (χ1) is 13.3. The summed E-state index contributed by atoms with van der Waals surface area (Å²) < 4.78 is 10.8. The van der Waals surface area contributed by atoms with E-state index in [9.17, 15) is 0 Å². The minimum Gasteiger partial charge on any atom is -0.454 e. The SMILES string of the molecule is Clc1ccccc1[C@H]1CCN(c2nncc(-c3ccc4c(c3)OCO4)n2)C1. The molecule has 3 heterocycles. The monoisotopic (exact) mass is 380 g/mol. The van der Waals surface area contributed by atoms with Crippen molar-refractivity contribution in [1.29, 1.82) is 0 Å². The topological polar surface area (TPSA) is 60.4 Å². The summed E-state index contributed by atoms with van der Waals surface area (Å²) in [6.07, 6.45) is 2.68. The van der Waals surface area contributed by atoms with E-state index in [1.54, 1.807) is 6.20 Å². The highest BCUT2D eigenvalue weighted by atomic mass is 35.5. The number of anilines is 1. The zero-order valence-electron chi connectivity index (χ0n) is 14.5. The van der Waals surface area contributed by atoms with Gasteiger partial charge in [-0.05, 0) is 36.2 Å². The molecule has 136 valence electrons. The molecule has 2 aliphatic heterocycles. The van der Waals surface area contributed by atoms with Gasteiger partial charge < -0.3 is 14.4 Å². The summed E-state index contributed by atoms with van der Waals surface area (Å²) in [7, 11) is 0. The second-order valence-electron chi connectivity index (χ2n) is 6.66. The van der Waals surface area contributed by atoms with Crippen LogP contribution in [0.25, 0.3) is 11.3 Å². The molecular formula is C20H17ClN4O2. The molecule has 0 aliphatic carbocycles. The van der Waals surface area contributed by atoms with E-state index in [4.69, 9.17) is 26.1 Å². The number of halogens is 1. The first kappa shape index (κ1) is 16.3. The summed E-state index contributed by atoms with van der Waals surface area (Å²) in [6, 6.07) is 13.8. The number of rotatable bonds is 3. The third-order valence-electron chi connectivity index (χ3n) is 5.03. The lowest BCUT2D eigenvalue weighted by Gasteiger charge is -2.17.